The number of hydrogen-bond acceptors (Lipinski definition) is 15. The van der Waals surface area contributed by atoms with Gasteiger partial charge in [-0.25, -0.2) is 0 Å². The molecule has 23 nitrogen and oxygen atoms in total. The molecular weight excluding hydrogens is 1220 g/mol. The van der Waals surface area contributed by atoms with Crippen molar-refractivity contribution in [3.8, 4) is 0 Å². The molecule has 1 heterocycles. The topological polar surface area (TPSA) is 267 Å². The normalized spacial score (nSPS) is 26.8. The number of carbonyl (C=O) groups is 12. The van der Waals surface area contributed by atoms with Gasteiger partial charge in [0.05, 0.1) is 30.9 Å². The van der Waals surface area contributed by atoms with E-state index in [1.165, 1.54) is 87.9 Å². The smallest absolute Gasteiger partial charge is 0.303 e. The van der Waals surface area contributed by atoms with Crippen molar-refractivity contribution in [3.63, 3.8) is 0 Å². The van der Waals surface area contributed by atoms with Gasteiger partial charge in [-0.15, -0.1) is 0 Å². The zero-order chi connectivity index (χ0) is 73.8. The van der Waals surface area contributed by atoms with Crippen molar-refractivity contribution < 1.29 is 71.7 Å². The molecule has 1 N–H and O–H groups in total. The predicted molar refractivity (Wildman–Crippen MR) is 368 cm³/mol. The number of carbonyl (C=O) groups excluding carboxylic acids is 12. The molecule has 544 valence electrons. The second-order valence-corrected chi connectivity index (χ2v) is 30.0. The SMILES string of the molecule is C/C=C/C[C@@H](C)[C@@H](OC(C)=O)[C@H]1C(=O)N[C@@H](CC)C(=O)N(C)[C@H](COC(C)(C)C)C(=O)N(C)[C@@H]([C@H](C)COC)C(=O)C[C@@H](C(C)C)C(=O)N(C)[C@@H](CC(C)C)C(=O)C[C@@H](C)C(=O)C[C@H](C)C(=O)N(C)[C@@H](CC(C)C)C(=O)N(C)[C@@H](CC(C)C)C(=O)N(C)[C@@H](C(C)C)C(=O)N1C. The molecule has 0 aromatic carbocycles. The lowest BCUT2D eigenvalue weighted by Crippen LogP contribution is -2.64. The number of rotatable bonds is 19. The zero-order valence-electron chi connectivity index (χ0n) is 63.4. The fourth-order valence-corrected chi connectivity index (χ4v) is 12.7. The van der Waals surface area contributed by atoms with Crippen LogP contribution >= 0.6 is 0 Å². The van der Waals surface area contributed by atoms with E-state index in [0.29, 0.717) is 0 Å². The standard InChI is InChI=1S/C72H126N8O15/c1-29-31-32-46(13)63(95-50(17)81)62-64(85)73-52(30-2)67(88)77(24)56(40-94-72(18,19)20)70(91)79(26)61(49(16)39-93-28)59(84)38-51(44(9)10)66(87)74(21)53(33-41(3)4)58(83)36-47(14)57(82)37-48(15)65(86)75(22)54(34-42(5)6)68(89)76(23)55(35-43(7)8)69(90)78(25)60(45(11)12)71(92)80(62)27/h29,31,41-49,51-56,60-63H,30,32-40H2,1-28H3,(H,73,85)/b31-29+/t46-,47-,48+,49-,51+,52+,53+,54+,55+,56-,60+,61+,62+,63-/m1/s1. The van der Waals surface area contributed by atoms with Crippen LogP contribution in [0.5, 0.6) is 0 Å². The lowest BCUT2D eigenvalue weighted by Gasteiger charge is -2.42. The zero-order valence-corrected chi connectivity index (χ0v) is 63.4. The van der Waals surface area contributed by atoms with Gasteiger partial charge in [-0.05, 0) is 95.3 Å². The molecule has 95 heavy (non-hydrogen) atoms. The van der Waals surface area contributed by atoms with Crippen LogP contribution in [0.1, 0.15) is 190 Å². The Bertz CT molecular complexity index is 2630. The molecular formula is C72H126N8O15. The molecule has 0 aliphatic carbocycles. The van der Waals surface area contributed by atoms with Crippen LogP contribution in [0.3, 0.4) is 0 Å². The maximum Gasteiger partial charge on any atom is 0.303 e. The van der Waals surface area contributed by atoms with Gasteiger partial charge in [0, 0.05) is 106 Å². The summed E-state index contributed by atoms with van der Waals surface area (Å²) in [6, 6.07) is -10.3. The minimum absolute atomic E-state index is 0.000230. The monoisotopic (exact) mass is 1340 g/mol. The fraction of sp³-hybridized carbons (Fsp3) is 0.806. The number of likely N-dealkylation sites (N-methyl/N-ethyl adjacent to an activating group) is 7. The van der Waals surface area contributed by atoms with Crippen LogP contribution in [-0.4, -0.2) is 235 Å². The largest absolute Gasteiger partial charge is 0.459 e. The average Bonchev–Trinajstić information content (AvgIpc) is 0.807. The maximum atomic E-state index is 15.6. The molecule has 8 amide bonds. The number of nitrogens with one attached hydrogen (secondary N) is 1. The average molecular weight is 1340 g/mol. The minimum Gasteiger partial charge on any atom is -0.459 e. The Labute approximate surface area is 570 Å². The molecule has 1 saturated heterocycles. The van der Waals surface area contributed by atoms with E-state index in [1.807, 2.05) is 47.6 Å². The number of nitrogens with zero attached hydrogens (tertiary/aromatic N) is 7. The van der Waals surface area contributed by atoms with Crippen molar-refractivity contribution in [2.45, 2.75) is 250 Å². The first-order chi connectivity index (χ1) is 43.8. The van der Waals surface area contributed by atoms with Crippen molar-refractivity contribution in [1.29, 1.82) is 0 Å². The molecule has 1 aliphatic heterocycles. The van der Waals surface area contributed by atoms with Crippen molar-refractivity contribution in [2.24, 2.45) is 59.2 Å². The molecule has 1 fully saturated rings. The highest BCUT2D eigenvalue weighted by Crippen LogP contribution is 2.30. The summed E-state index contributed by atoms with van der Waals surface area (Å²) in [6.45, 7) is 34.6. The van der Waals surface area contributed by atoms with E-state index in [9.17, 15) is 24.0 Å². The number of esters is 1. The Hall–Kier alpha value is -6.10. The van der Waals surface area contributed by atoms with E-state index in [4.69, 9.17) is 14.2 Å². The van der Waals surface area contributed by atoms with E-state index < -0.39 is 160 Å². The van der Waals surface area contributed by atoms with Crippen molar-refractivity contribution in [2.75, 3.05) is 69.7 Å². The Morgan fingerprint density at radius 3 is 1.43 bits per heavy atom. The summed E-state index contributed by atoms with van der Waals surface area (Å²) in [5.41, 5.74) is -0.855. The number of hydrogen-bond donors (Lipinski definition) is 1. The molecule has 0 aromatic heterocycles. The van der Waals surface area contributed by atoms with Crippen LogP contribution in [0.15, 0.2) is 12.2 Å². The Kier molecular flexibility index (Phi) is 36.0. The second kappa shape index (κ2) is 39.3. The first-order valence-corrected chi connectivity index (χ1v) is 34.4. The van der Waals surface area contributed by atoms with E-state index in [-0.39, 0.29) is 93.9 Å². The molecule has 0 bridgehead atoms. The maximum absolute atomic E-state index is 15.6. The van der Waals surface area contributed by atoms with Crippen LogP contribution in [-0.2, 0) is 71.7 Å². The van der Waals surface area contributed by atoms with E-state index in [0.717, 1.165) is 9.80 Å². The molecule has 14 atom stereocenters. The third kappa shape index (κ3) is 25.1. The summed E-state index contributed by atoms with van der Waals surface area (Å²) in [6.07, 6.45) is 2.14. The number of ether oxygens (including phenoxy) is 3. The van der Waals surface area contributed by atoms with Gasteiger partial charge in [-0.3, -0.25) is 57.5 Å². The van der Waals surface area contributed by atoms with Crippen LogP contribution in [0.4, 0.5) is 0 Å². The summed E-state index contributed by atoms with van der Waals surface area (Å²) in [7, 11) is 11.6. The molecule has 1 aliphatic rings. The van der Waals surface area contributed by atoms with Crippen molar-refractivity contribution >= 4 is 70.6 Å². The summed E-state index contributed by atoms with van der Waals surface area (Å²) < 4.78 is 17.8. The van der Waals surface area contributed by atoms with Gasteiger partial charge in [-0.1, -0.05) is 116 Å². The van der Waals surface area contributed by atoms with Crippen LogP contribution < -0.4 is 5.32 Å². The van der Waals surface area contributed by atoms with Gasteiger partial charge in [-0.2, -0.15) is 0 Å². The summed E-state index contributed by atoms with van der Waals surface area (Å²) in [5.74, 6) is -13.0. The summed E-state index contributed by atoms with van der Waals surface area (Å²) in [5, 5.41) is 2.85. The molecule has 0 aromatic rings. The highest BCUT2D eigenvalue weighted by molar-refractivity contribution is 6.00. The summed E-state index contributed by atoms with van der Waals surface area (Å²) in [4.78, 5) is 188. The number of amides is 8. The number of allylic oxidation sites excluding steroid dienone is 2. The van der Waals surface area contributed by atoms with Gasteiger partial charge >= 0.3 is 5.97 Å². The van der Waals surface area contributed by atoms with Crippen molar-refractivity contribution in [3.05, 3.63) is 12.2 Å². The van der Waals surface area contributed by atoms with E-state index >= 15 is 33.6 Å². The quantitative estimate of drug-likeness (QED) is 0.0967. The first-order valence-electron chi connectivity index (χ1n) is 34.4. The number of methoxy groups -OCH3 is 1. The number of ketones is 3. The van der Waals surface area contributed by atoms with Gasteiger partial charge in [0.2, 0.25) is 47.3 Å². The predicted octanol–water partition coefficient (Wildman–Crippen LogP) is 7.53. The molecule has 1 rings (SSSR count). The minimum atomic E-state index is -1.65. The lowest BCUT2D eigenvalue weighted by molar-refractivity contribution is -0.164. The van der Waals surface area contributed by atoms with Gasteiger partial charge in [0.15, 0.2) is 11.6 Å². The molecule has 0 saturated carbocycles. The van der Waals surface area contributed by atoms with Gasteiger partial charge < -0.3 is 53.8 Å². The van der Waals surface area contributed by atoms with Gasteiger partial charge in [0.25, 0.3) is 0 Å². The summed E-state index contributed by atoms with van der Waals surface area (Å²) >= 11 is 0. The van der Waals surface area contributed by atoms with Gasteiger partial charge in [0.1, 0.15) is 48.1 Å². The fourth-order valence-electron chi connectivity index (χ4n) is 12.7. The first kappa shape index (κ1) is 86.9. The molecule has 0 unspecified atom stereocenters. The van der Waals surface area contributed by atoms with Crippen LogP contribution in [0.2, 0.25) is 0 Å². The van der Waals surface area contributed by atoms with E-state index in [1.54, 1.807) is 96.1 Å². The Morgan fingerprint density at radius 2 is 0.979 bits per heavy atom. The Morgan fingerprint density at radius 1 is 0.537 bits per heavy atom. The highest BCUT2D eigenvalue weighted by atomic mass is 16.5. The molecule has 23 heteroatoms. The van der Waals surface area contributed by atoms with Crippen molar-refractivity contribution in [1.82, 2.24) is 39.6 Å². The number of Topliss-reactive ketones (excluding diaryl/α,β-unsaturated/α-hetero) is 3. The molecule has 0 spiro atoms. The molecule has 0 radical (unpaired) electrons. The third-order valence-corrected chi connectivity index (χ3v) is 18.5. The van der Waals surface area contributed by atoms with Crippen LogP contribution in [0, 0.1) is 59.2 Å². The highest BCUT2D eigenvalue weighted by Gasteiger charge is 2.48. The van der Waals surface area contributed by atoms with Crippen LogP contribution in [0.25, 0.3) is 0 Å². The second-order valence-electron chi connectivity index (χ2n) is 30.0. The third-order valence-electron chi connectivity index (χ3n) is 18.5. The van der Waals surface area contributed by atoms with E-state index in [2.05, 4.69) is 5.32 Å². The Balaban J connectivity index is 4.69. The lowest BCUT2D eigenvalue weighted by atomic mass is 9.83.